The molecule has 0 radical (unpaired) electrons. The monoisotopic (exact) mass is 334 g/mol. The Bertz CT molecular complexity index is 702. The van der Waals surface area contributed by atoms with E-state index in [1.165, 1.54) is 12.1 Å². The maximum absolute atomic E-state index is 13.4. The predicted octanol–water partition coefficient (Wildman–Crippen LogP) is 3.79. The summed E-state index contributed by atoms with van der Waals surface area (Å²) >= 11 is 5.84. The van der Waals surface area contributed by atoms with Gasteiger partial charge in [0.15, 0.2) is 18.2 Å². The molecular weight excluding hydrogens is 319 g/mol. The van der Waals surface area contributed by atoms with Crippen LogP contribution in [-0.4, -0.2) is 18.2 Å². The first-order valence-corrected chi connectivity index (χ1v) is 7.46. The quantitative estimate of drug-likeness (QED) is 0.645. The lowest BCUT2D eigenvalue weighted by Crippen LogP contribution is -2.26. The number of nitrogens with one attached hydrogen (secondary N) is 1. The number of halogens is 2. The Morgan fingerprint density at radius 1 is 1.22 bits per heavy atom. The number of hydrazone groups is 1. The number of para-hydroxylation sites is 1. The van der Waals surface area contributed by atoms with Crippen LogP contribution in [0.1, 0.15) is 18.9 Å². The van der Waals surface area contributed by atoms with Crippen LogP contribution in [0.2, 0.25) is 5.02 Å². The topological polar surface area (TPSA) is 50.7 Å². The summed E-state index contributed by atoms with van der Waals surface area (Å²) in [6.07, 6.45) is 0.635. The first-order valence-electron chi connectivity index (χ1n) is 7.09. The van der Waals surface area contributed by atoms with Crippen LogP contribution < -0.4 is 10.2 Å². The SMILES string of the molecule is CC/C(=N\NC(=O)COc1ccccc1F)c1ccc(Cl)cc1. The molecule has 6 heteroatoms. The highest BCUT2D eigenvalue weighted by Gasteiger charge is 2.07. The fourth-order valence-corrected chi connectivity index (χ4v) is 1.98. The van der Waals surface area contributed by atoms with E-state index < -0.39 is 11.7 Å². The van der Waals surface area contributed by atoms with E-state index in [9.17, 15) is 9.18 Å². The molecule has 0 spiro atoms. The first kappa shape index (κ1) is 17.0. The Kier molecular flexibility index (Phi) is 6.11. The number of amides is 1. The van der Waals surface area contributed by atoms with Crippen molar-refractivity contribution in [1.29, 1.82) is 0 Å². The molecule has 0 aromatic heterocycles. The van der Waals surface area contributed by atoms with Crippen molar-refractivity contribution in [1.82, 2.24) is 5.43 Å². The fraction of sp³-hybridized carbons (Fsp3) is 0.176. The van der Waals surface area contributed by atoms with Crippen molar-refractivity contribution >= 4 is 23.2 Å². The zero-order valence-corrected chi connectivity index (χ0v) is 13.3. The highest BCUT2D eigenvalue weighted by molar-refractivity contribution is 6.30. The second-order valence-electron chi connectivity index (χ2n) is 4.67. The summed E-state index contributed by atoms with van der Waals surface area (Å²) in [5.74, 6) is -0.951. The van der Waals surface area contributed by atoms with Gasteiger partial charge in [0.2, 0.25) is 0 Å². The van der Waals surface area contributed by atoms with Crippen molar-refractivity contribution in [2.75, 3.05) is 6.61 Å². The molecule has 2 rings (SSSR count). The second-order valence-corrected chi connectivity index (χ2v) is 5.11. The van der Waals surface area contributed by atoms with Gasteiger partial charge in [0.1, 0.15) is 0 Å². The Hall–Kier alpha value is -2.40. The number of hydrogen-bond donors (Lipinski definition) is 1. The molecule has 23 heavy (non-hydrogen) atoms. The van der Waals surface area contributed by atoms with Crippen LogP contribution >= 0.6 is 11.6 Å². The van der Waals surface area contributed by atoms with Gasteiger partial charge < -0.3 is 4.74 Å². The normalized spacial score (nSPS) is 11.2. The highest BCUT2D eigenvalue weighted by Crippen LogP contribution is 2.15. The smallest absolute Gasteiger partial charge is 0.277 e. The number of carbonyl (C=O) groups is 1. The summed E-state index contributed by atoms with van der Waals surface area (Å²) in [6.45, 7) is 1.61. The Morgan fingerprint density at radius 2 is 1.91 bits per heavy atom. The van der Waals surface area contributed by atoms with E-state index in [2.05, 4.69) is 10.5 Å². The minimum Gasteiger partial charge on any atom is -0.481 e. The number of nitrogens with zero attached hydrogens (tertiary/aromatic N) is 1. The van der Waals surface area contributed by atoms with E-state index in [1.807, 2.05) is 19.1 Å². The van der Waals surface area contributed by atoms with E-state index in [1.54, 1.807) is 24.3 Å². The number of carbonyl (C=O) groups excluding carboxylic acids is 1. The molecule has 0 heterocycles. The molecule has 120 valence electrons. The molecule has 0 saturated carbocycles. The Morgan fingerprint density at radius 3 is 2.57 bits per heavy atom. The van der Waals surface area contributed by atoms with Crippen molar-refractivity contribution < 1.29 is 13.9 Å². The van der Waals surface area contributed by atoms with Crippen LogP contribution in [0.25, 0.3) is 0 Å². The molecule has 0 bridgehead atoms. The summed E-state index contributed by atoms with van der Waals surface area (Å²) < 4.78 is 18.5. The van der Waals surface area contributed by atoms with Gasteiger partial charge in [-0.25, -0.2) is 9.82 Å². The molecule has 1 N–H and O–H groups in total. The maximum Gasteiger partial charge on any atom is 0.277 e. The summed E-state index contributed by atoms with van der Waals surface area (Å²) in [4.78, 5) is 11.7. The average molecular weight is 335 g/mol. The molecule has 0 aliphatic carbocycles. The van der Waals surface area contributed by atoms with E-state index in [-0.39, 0.29) is 12.4 Å². The van der Waals surface area contributed by atoms with Crippen LogP contribution in [0, 0.1) is 5.82 Å². The van der Waals surface area contributed by atoms with Crippen molar-refractivity contribution in [3.8, 4) is 5.75 Å². The number of benzene rings is 2. The third-order valence-corrected chi connectivity index (χ3v) is 3.28. The number of ether oxygens (including phenoxy) is 1. The summed E-state index contributed by atoms with van der Waals surface area (Å²) in [5.41, 5.74) is 3.98. The Labute approximate surface area is 138 Å². The van der Waals surface area contributed by atoms with Crippen LogP contribution in [0.3, 0.4) is 0 Å². The van der Waals surface area contributed by atoms with Crippen molar-refractivity contribution in [3.05, 3.63) is 64.9 Å². The van der Waals surface area contributed by atoms with Crippen LogP contribution in [0.15, 0.2) is 53.6 Å². The molecule has 0 fully saturated rings. The van der Waals surface area contributed by atoms with Gasteiger partial charge in [0.25, 0.3) is 5.91 Å². The average Bonchev–Trinajstić information content (AvgIpc) is 2.56. The van der Waals surface area contributed by atoms with Crippen LogP contribution in [-0.2, 0) is 4.79 Å². The van der Waals surface area contributed by atoms with Crippen LogP contribution in [0.4, 0.5) is 4.39 Å². The van der Waals surface area contributed by atoms with E-state index >= 15 is 0 Å². The summed E-state index contributed by atoms with van der Waals surface area (Å²) in [7, 11) is 0. The van der Waals surface area contributed by atoms with Gasteiger partial charge >= 0.3 is 0 Å². The zero-order chi connectivity index (χ0) is 16.7. The van der Waals surface area contributed by atoms with Gasteiger partial charge in [0, 0.05) is 5.02 Å². The molecule has 1 amide bonds. The number of rotatable bonds is 6. The molecular formula is C17H16ClFN2O2. The molecule has 2 aromatic rings. The lowest BCUT2D eigenvalue weighted by Gasteiger charge is -2.07. The van der Waals surface area contributed by atoms with E-state index in [0.29, 0.717) is 17.2 Å². The fourth-order valence-electron chi connectivity index (χ4n) is 1.86. The largest absolute Gasteiger partial charge is 0.481 e. The summed E-state index contributed by atoms with van der Waals surface area (Å²) in [5, 5.41) is 4.71. The van der Waals surface area contributed by atoms with Gasteiger partial charge in [-0.05, 0) is 36.2 Å². The van der Waals surface area contributed by atoms with Crippen LogP contribution in [0.5, 0.6) is 5.75 Å². The van der Waals surface area contributed by atoms with Gasteiger partial charge in [-0.2, -0.15) is 5.10 Å². The number of hydrogen-bond acceptors (Lipinski definition) is 3. The summed E-state index contributed by atoms with van der Waals surface area (Å²) in [6, 6.07) is 13.1. The third kappa shape index (κ3) is 5.07. The maximum atomic E-state index is 13.4. The van der Waals surface area contributed by atoms with Crippen molar-refractivity contribution in [2.45, 2.75) is 13.3 Å². The second kappa shape index (κ2) is 8.29. The molecule has 0 unspecified atom stereocenters. The minimum absolute atomic E-state index is 0.0278. The highest BCUT2D eigenvalue weighted by atomic mass is 35.5. The molecule has 0 aliphatic heterocycles. The van der Waals surface area contributed by atoms with Gasteiger partial charge in [0.05, 0.1) is 5.71 Å². The molecule has 0 atom stereocenters. The van der Waals surface area contributed by atoms with Crippen molar-refractivity contribution in [2.24, 2.45) is 5.10 Å². The van der Waals surface area contributed by atoms with E-state index in [4.69, 9.17) is 16.3 Å². The first-order chi connectivity index (χ1) is 11.1. The van der Waals surface area contributed by atoms with E-state index in [0.717, 1.165) is 5.56 Å². The minimum atomic E-state index is -0.515. The molecule has 4 nitrogen and oxygen atoms in total. The zero-order valence-electron chi connectivity index (χ0n) is 12.6. The lowest BCUT2D eigenvalue weighted by molar-refractivity contribution is -0.123. The van der Waals surface area contributed by atoms with Gasteiger partial charge in [-0.1, -0.05) is 42.8 Å². The molecule has 2 aromatic carbocycles. The molecule has 0 saturated heterocycles. The molecule has 0 aliphatic rings. The standard InChI is InChI=1S/C17H16ClFN2O2/c1-2-15(12-7-9-13(18)10-8-12)20-21-17(22)11-23-16-6-4-3-5-14(16)19/h3-10H,2,11H2,1H3,(H,21,22)/b20-15+. The lowest BCUT2D eigenvalue weighted by atomic mass is 10.1. The van der Waals surface area contributed by atoms with Gasteiger partial charge in [-0.15, -0.1) is 0 Å². The predicted molar refractivity (Wildman–Crippen MR) is 88.3 cm³/mol. The van der Waals surface area contributed by atoms with Crippen molar-refractivity contribution in [3.63, 3.8) is 0 Å². The van der Waals surface area contributed by atoms with Gasteiger partial charge in [-0.3, -0.25) is 4.79 Å². The Balaban J connectivity index is 1.93. The third-order valence-electron chi connectivity index (χ3n) is 3.02.